The number of aromatic nitrogens is 1. The lowest BCUT2D eigenvalue weighted by molar-refractivity contribution is 0.0680. The van der Waals surface area contributed by atoms with Crippen LogP contribution in [0.5, 0.6) is 5.75 Å². The van der Waals surface area contributed by atoms with E-state index >= 15 is 0 Å². The first-order chi connectivity index (χ1) is 15.9. The van der Waals surface area contributed by atoms with Gasteiger partial charge in [-0.1, -0.05) is 12.1 Å². The normalized spacial score (nSPS) is 19.0. The number of hydrogen-bond donors (Lipinski definition) is 2. The molecule has 0 amide bonds. The van der Waals surface area contributed by atoms with Crippen LogP contribution in [0, 0.1) is 0 Å². The summed E-state index contributed by atoms with van der Waals surface area (Å²) in [5.74, 6) is 0.862. The van der Waals surface area contributed by atoms with Crippen molar-refractivity contribution >= 4 is 32.3 Å². The van der Waals surface area contributed by atoms with Gasteiger partial charge in [-0.15, -0.1) is 0 Å². The number of hydrogen-bond acceptors (Lipinski definition) is 5. The summed E-state index contributed by atoms with van der Waals surface area (Å²) in [4.78, 5) is 0. The van der Waals surface area contributed by atoms with Gasteiger partial charge in [-0.05, 0) is 63.3 Å². The molecule has 1 aliphatic carbocycles. The molecule has 2 fully saturated rings. The molecule has 2 heterocycles. The zero-order chi connectivity index (χ0) is 23.0. The van der Waals surface area contributed by atoms with Crippen molar-refractivity contribution in [3.63, 3.8) is 0 Å². The highest BCUT2D eigenvalue weighted by molar-refractivity contribution is 7.92. The predicted molar refractivity (Wildman–Crippen MR) is 132 cm³/mol. The van der Waals surface area contributed by atoms with E-state index in [2.05, 4.69) is 15.4 Å². The van der Waals surface area contributed by atoms with Gasteiger partial charge in [0.25, 0.3) is 0 Å². The fourth-order valence-corrected chi connectivity index (χ4v) is 5.28. The molecule has 0 bridgehead atoms. The number of ether oxygens (including phenoxy) is 2. The van der Waals surface area contributed by atoms with Crippen molar-refractivity contribution in [2.45, 2.75) is 51.2 Å². The Morgan fingerprint density at radius 1 is 1.12 bits per heavy atom. The van der Waals surface area contributed by atoms with E-state index in [4.69, 9.17) is 15.2 Å². The van der Waals surface area contributed by atoms with Crippen LogP contribution in [0.3, 0.4) is 0 Å². The van der Waals surface area contributed by atoms with Crippen LogP contribution in [0.4, 0.5) is 11.4 Å². The Balaban J connectivity index is 1.50. The third-order valence-electron chi connectivity index (χ3n) is 6.73. The Kier molecular flexibility index (Phi) is 5.97. The highest BCUT2D eigenvalue weighted by Gasteiger charge is 2.27. The Morgan fingerprint density at radius 3 is 2.55 bits per heavy atom. The van der Waals surface area contributed by atoms with Gasteiger partial charge in [-0.25, -0.2) is 8.42 Å². The van der Waals surface area contributed by atoms with E-state index < -0.39 is 10.0 Å². The van der Waals surface area contributed by atoms with Gasteiger partial charge in [0, 0.05) is 35.4 Å². The van der Waals surface area contributed by atoms with Gasteiger partial charge in [-0.3, -0.25) is 4.72 Å². The molecule has 2 aromatic carbocycles. The van der Waals surface area contributed by atoms with Crippen LogP contribution in [0.1, 0.15) is 45.1 Å². The van der Waals surface area contributed by atoms with Gasteiger partial charge in [0.2, 0.25) is 10.0 Å². The van der Waals surface area contributed by atoms with Gasteiger partial charge in [0.05, 0.1) is 28.8 Å². The van der Waals surface area contributed by atoms with E-state index in [1.54, 1.807) is 19.1 Å². The molecule has 3 aromatic rings. The molecule has 1 aromatic heterocycles. The zero-order valence-electron chi connectivity index (χ0n) is 18.9. The highest BCUT2D eigenvalue weighted by atomic mass is 32.2. The summed E-state index contributed by atoms with van der Waals surface area (Å²) in [5, 5.41) is 1.01. The maximum atomic E-state index is 11.9. The van der Waals surface area contributed by atoms with Gasteiger partial charge < -0.3 is 19.8 Å². The van der Waals surface area contributed by atoms with Crippen molar-refractivity contribution in [2.75, 3.05) is 29.4 Å². The Hall–Kier alpha value is -2.71. The molecule has 1 saturated carbocycles. The van der Waals surface area contributed by atoms with Crippen molar-refractivity contribution < 1.29 is 17.9 Å². The number of nitrogens with zero attached hydrogens (tertiary/aromatic N) is 1. The second-order valence-electron chi connectivity index (χ2n) is 8.92. The van der Waals surface area contributed by atoms with Gasteiger partial charge in [0.15, 0.2) is 0 Å². The van der Waals surface area contributed by atoms with Crippen LogP contribution in [0.25, 0.3) is 22.2 Å². The minimum Gasteiger partial charge on any atom is -0.491 e. The largest absolute Gasteiger partial charge is 0.491 e. The summed E-state index contributed by atoms with van der Waals surface area (Å²) in [6.45, 7) is 3.00. The Morgan fingerprint density at radius 2 is 1.91 bits per heavy atom. The third kappa shape index (κ3) is 4.42. The van der Waals surface area contributed by atoms with Gasteiger partial charge >= 0.3 is 0 Å². The summed E-state index contributed by atoms with van der Waals surface area (Å²) < 4.78 is 40.5. The summed E-state index contributed by atoms with van der Waals surface area (Å²) in [6.07, 6.45) is 5.75. The van der Waals surface area contributed by atoms with E-state index in [1.165, 1.54) is 6.42 Å². The second-order valence-corrected chi connectivity index (χ2v) is 10.9. The summed E-state index contributed by atoms with van der Waals surface area (Å²) in [7, 11) is -3.31. The quantitative estimate of drug-likeness (QED) is 0.487. The fourth-order valence-electron chi connectivity index (χ4n) is 4.64. The monoisotopic (exact) mass is 469 g/mol. The topological polar surface area (TPSA) is 95.6 Å². The van der Waals surface area contributed by atoms with Gasteiger partial charge in [-0.2, -0.15) is 0 Å². The summed E-state index contributed by atoms with van der Waals surface area (Å²) in [5.41, 5.74) is 11.0. The molecule has 176 valence electrons. The van der Waals surface area contributed by atoms with Crippen molar-refractivity contribution in [3.05, 3.63) is 42.5 Å². The summed E-state index contributed by atoms with van der Waals surface area (Å²) in [6, 6.07) is 14.0. The molecule has 3 N–H and O–H groups in total. The van der Waals surface area contributed by atoms with Crippen LogP contribution in [0.2, 0.25) is 0 Å². The van der Waals surface area contributed by atoms with Crippen molar-refractivity contribution in [1.82, 2.24) is 4.57 Å². The first kappa shape index (κ1) is 22.1. The number of nitrogens with one attached hydrogen (secondary N) is 1. The van der Waals surface area contributed by atoms with Crippen LogP contribution in [0.15, 0.2) is 42.5 Å². The van der Waals surface area contributed by atoms with Crippen LogP contribution < -0.4 is 15.2 Å². The maximum Gasteiger partial charge on any atom is 0.232 e. The average Bonchev–Trinajstić information content (AvgIpc) is 3.39. The second kappa shape index (κ2) is 8.91. The molecule has 8 heteroatoms. The third-order valence-corrected chi connectivity index (χ3v) is 8.03. The first-order valence-electron chi connectivity index (χ1n) is 11.7. The molecule has 0 unspecified atom stereocenters. The number of sulfonamides is 1. The fraction of sp³-hybridized carbons (Fsp3) is 0.440. The minimum absolute atomic E-state index is 0.0366. The SMILES string of the molecule is CCS(=O)(=O)Nc1ccc(-c2c(N)c3ccc(OC[C@H]4CCCO4)cc3n2C2CCC2)cc1. The molecule has 1 saturated heterocycles. The highest BCUT2D eigenvalue weighted by Crippen LogP contribution is 2.45. The molecular formula is C25H31N3O4S. The molecule has 0 radical (unpaired) electrons. The number of anilines is 2. The zero-order valence-corrected chi connectivity index (χ0v) is 19.7. The molecule has 0 spiro atoms. The lowest BCUT2D eigenvalue weighted by Gasteiger charge is -2.30. The van der Waals surface area contributed by atoms with Crippen molar-refractivity contribution in [2.24, 2.45) is 0 Å². The van der Waals surface area contributed by atoms with E-state index in [1.807, 2.05) is 24.3 Å². The van der Waals surface area contributed by atoms with E-state index in [0.717, 1.165) is 65.9 Å². The van der Waals surface area contributed by atoms with E-state index in [0.29, 0.717) is 18.3 Å². The number of fused-ring (bicyclic) bond motifs is 1. The van der Waals surface area contributed by atoms with Gasteiger partial charge in [0.1, 0.15) is 12.4 Å². The Labute approximate surface area is 194 Å². The smallest absolute Gasteiger partial charge is 0.232 e. The molecular weight excluding hydrogens is 438 g/mol. The number of benzene rings is 2. The molecule has 1 atom stereocenters. The standard InChI is InChI=1S/C25H31N3O4S/c1-2-33(29,30)27-18-10-8-17(9-11-18)25-24(26)22-13-12-20(32-16-21-7-4-14-31-21)15-23(22)28(25)19-5-3-6-19/h8-13,15,19,21,27H,2-7,14,16,26H2,1H3/t21-/m1/s1. The van der Waals surface area contributed by atoms with Crippen LogP contribution in [-0.2, 0) is 14.8 Å². The lowest BCUT2D eigenvalue weighted by atomic mass is 9.92. The minimum atomic E-state index is -3.31. The molecule has 7 nitrogen and oxygen atoms in total. The maximum absolute atomic E-state index is 11.9. The molecule has 5 rings (SSSR count). The van der Waals surface area contributed by atoms with E-state index in [9.17, 15) is 8.42 Å². The molecule has 33 heavy (non-hydrogen) atoms. The summed E-state index contributed by atoms with van der Waals surface area (Å²) >= 11 is 0. The number of rotatable bonds is 8. The van der Waals surface area contributed by atoms with Crippen LogP contribution >= 0.6 is 0 Å². The first-order valence-corrected chi connectivity index (χ1v) is 13.4. The van der Waals surface area contributed by atoms with Crippen LogP contribution in [-0.4, -0.2) is 38.1 Å². The lowest BCUT2D eigenvalue weighted by Crippen LogP contribution is -2.18. The predicted octanol–water partition coefficient (Wildman–Crippen LogP) is 4.93. The van der Waals surface area contributed by atoms with Crippen molar-refractivity contribution in [3.8, 4) is 17.0 Å². The van der Waals surface area contributed by atoms with Crippen molar-refractivity contribution in [1.29, 1.82) is 0 Å². The molecule has 1 aliphatic heterocycles. The average molecular weight is 470 g/mol. The molecule has 2 aliphatic rings. The Bertz CT molecular complexity index is 1240. The number of nitrogen functional groups attached to an aromatic ring is 1. The number of nitrogens with two attached hydrogens (primary N) is 1. The van der Waals surface area contributed by atoms with E-state index in [-0.39, 0.29) is 11.9 Å².